The minimum atomic E-state index is -4.54. The zero-order valence-electron chi connectivity index (χ0n) is 11.4. The van der Waals surface area contributed by atoms with E-state index >= 15 is 0 Å². The topological polar surface area (TPSA) is 30.0 Å². The second-order valence-electron chi connectivity index (χ2n) is 4.83. The summed E-state index contributed by atoms with van der Waals surface area (Å²) >= 11 is 0. The first-order valence-electron chi connectivity index (χ1n) is 6.48. The van der Waals surface area contributed by atoms with Gasteiger partial charge >= 0.3 is 6.18 Å². The Balaban J connectivity index is 2.12. The Labute approximate surface area is 120 Å². The van der Waals surface area contributed by atoms with Crippen LogP contribution in [0.2, 0.25) is 0 Å². The highest BCUT2D eigenvalue weighted by molar-refractivity contribution is 5.97. The van der Waals surface area contributed by atoms with Gasteiger partial charge < -0.3 is 0 Å². The van der Waals surface area contributed by atoms with Gasteiger partial charge in [-0.25, -0.2) is 0 Å². The number of nitrogens with zero attached hydrogens (tertiary/aromatic N) is 1. The van der Waals surface area contributed by atoms with Crippen molar-refractivity contribution in [3.8, 4) is 0 Å². The van der Waals surface area contributed by atoms with Gasteiger partial charge in [0.05, 0.1) is 5.56 Å². The van der Waals surface area contributed by atoms with Gasteiger partial charge in [0.2, 0.25) is 0 Å². The molecule has 0 radical (unpaired) electrons. The van der Waals surface area contributed by atoms with E-state index in [2.05, 4.69) is 4.98 Å². The summed E-state index contributed by atoms with van der Waals surface area (Å²) in [6, 6.07) is 8.39. The minimum absolute atomic E-state index is 0.0256. The van der Waals surface area contributed by atoms with E-state index < -0.39 is 17.5 Å². The Morgan fingerprint density at radius 2 is 1.81 bits per heavy atom. The minimum Gasteiger partial charge on any atom is -0.294 e. The summed E-state index contributed by atoms with van der Waals surface area (Å²) in [5.41, 5.74) is 0.728. The molecule has 2 aromatic rings. The molecule has 1 heterocycles. The standard InChI is InChI=1S/C16H14F3NO/c1-11-2-4-12(5-3-11)6-7-15(21)13-10-20-9-8-14(13)16(17,18)19/h2-5,8-10H,6-7H2,1H3. The number of rotatable bonds is 4. The predicted molar refractivity (Wildman–Crippen MR) is 73.1 cm³/mol. The van der Waals surface area contributed by atoms with E-state index in [9.17, 15) is 18.0 Å². The summed E-state index contributed by atoms with van der Waals surface area (Å²) in [6.07, 6.45) is -2.08. The van der Waals surface area contributed by atoms with Crippen LogP contribution in [0.3, 0.4) is 0 Å². The molecule has 110 valence electrons. The summed E-state index contributed by atoms with van der Waals surface area (Å²) in [5, 5.41) is 0. The molecule has 5 heteroatoms. The summed E-state index contributed by atoms with van der Waals surface area (Å²) in [7, 11) is 0. The molecule has 0 bridgehead atoms. The fourth-order valence-corrected chi connectivity index (χ4v) is 2.01. The van der Waals surface area contributed by atoms with Crippen molar-refractivity contribution < 1.29 is 18.0 Å². The number of carbonyl (C=O) groups is 1. The van der Waals surface area contributed by atoms with E-state index in [1.165, 1.54) is 0 Å². The van der Waals surface area contributed by atoms with E-state index in [-0.39, 0.29) is 12.0 Å². The average Bonchev–Trinajstić information content (AvgIpc) is 2.45. The first-order valence-corrected chi connectivity index (χ1v) is 6.48. The number of aromatic nitrogens is 1. The fourth-order valence-electron chi connectivity index (χ4n) is 2.01. The number of carbonyl (C=O) groups excluding carboxylic acids is 1. The van der Waals surface area contributed by atoms with Crippen LogP contribution in [0.5, 0.6) is 0 Å². The number of aryl methyl sites for hydroxylation is 2. The molecule has 2 nitrogen and oxygen atoms in total. The van der Waals surface area contributed by atoms with E-state index in [0.29, 0.717) is 6.42 Å². The van der Waals surface area contributed by atoms with E-state index in [4.69, 9.17) is 0 Å². The summed E-state index contributed by atoms with van der Waals surface area (Å²) in [4.78, 5) is 15.6. The van der Waals surface area contributed by atoms with Gasteiger partial charge in [-0.1, -0.05) is 29.8 Å². The molecule has 0 saturated carbocycles. The third kappa shape index (κ3) is 3.90. The fraction of sp³-hybridized carbons (Fsp3) is 0.250. The Kier molecular flexibility index (Phi) is 4.40. The van der Waals surface area contributed by atoms with Crippen LogP contribution >= 0.6 is 0 Å². The molecule has 0 saturated heterocycles. The Morgan fingerprint density at radius 1 is 1.14 bits per heavy atom. The molecule has 0 aliphatic carbocycles. The van der Waals surface area contributed by atoms with Gasteiger partial charge in [-0.05, 0) is 25.0 Å². The molecular weight excluding hydrogens is 279 g/mol. The maximum Gasteiger partial charge on any atom is 0.417 e. The van der Waals surface area contributed by atoms with Crippen molar-refractivity contribution in [1.82, 2.24) is 4.98 Å². The number of hydrogen-bond acceptors (Lipinski definition) is 2. The average molecular weight is 293 g/mol. The molecule has 0 aliphatic heterocycles. The van der Waals surface area contributed by atoms with Crippen LogP contribution in [0.4, 0.5) is 13.2 Å². The van der Waals surface area contributed by atoms with Crippen LogP contribution in [0.25, 0.3) is 0 Å². The van der Waals surface area contributed by atoms with Crippen molar-refractivity contribution in [2.75, 3.05) is 0 Å². The molecule has 21 heavy (non-hydrogen) atoms. The van der Waals surface area contributed by atoms with Crippen molar-refractivity contribution >= 4 is 5.78 Å². The Hall–Kier alpha value is -2.17. The summed E-state index contributed by atoms with van der Waals surface area (Å²) in [6.45, 7) is 1.94. The summed E-state index contributed by atoms with van der Waals surface area (Å²) < 4.78 is 38.5. The van der Waals surface area contributed by atoms with E-state index in [0.717, 1.165) is 29.6 Å². The van der Waals surface area contributed by atoms with Crippen LogP contribution in [-0.4, -0.2) is 10.8 Å². The summed E-state index contributed by atoms with van der Waals surface area (Å²) in [5.74, 6) is -0.545. The SMILES string of the molecule is Cc1ccc(CCC(=O)c2cnccc2C(F)(F)F)cc1. The maximum atomic E-state index is 12.8. The van der Waals surface area contributed by atoms with Crippen LogP contribution in [-0.2, 0) is 12.6 Å². The molecule has 0 amide bonds. The number of hydrogen-bond donors (Lipinski definition) is 0. The van der Waals surface area contributed by atoms with E-state index in [1.807, 2.05) is 31.2 Å². The number of benzene rings is 1. The molecular formula is C16H14F3NO. The Bertz CT molecular complexity index is 633. The van der Waals surface area contributed by atoms with Gasteiger partial charge in [0.1, 0.15) is 0 Å². The van der Waals surface area contributed by atoms with Crippen molar-refractivity contribution in [2.24, 2.45) is 0 Å². The monoisotopic (exact) mass is 293 g/mol. The number of alkyl halides is 3. The highest BCUT2D eigenvalue weighted by Gasteiger charge is 2.34. The van der Waals surface area contributed by atoms with Gasteiger partial charge in [0, 0.05) is 24.4 Å². The third-order valence-electron chi connectivity index (χ3n) is 3.19. The van der Waals surface area contributed by atoms with Crippen LogP contribution < -0.4 is 0 Å². The lowest BCUT2D eigenvalue weighted by molar-refractivity contribution is -0.138. The molecule has 0 atom stereocenters. The van der Waals surface area contributed by atoms with Crippen LogP contribution in [0.1, 0.15) is 33.5 Å². The number of halogens is 3. The second-order valence-corrected chi connectivity index (χ2v) is 4.83. The molecule has 0 unspecified atom stereocenters. The predicted octanol–water partition coefficient (Wildman–Crippen LogP) is 4.22. The highest BCUT2D eigenvalue weighted by Crippen LogP contribution is 2.32. The van der Waals surface area contributed by atoms with Gasteiger partial charge in [-0.15, -0.1) is 0 Å². The molecule has 0 N–H and O–H groups in total. The normalized spacial score (nSPS) is 11.4. The zero-order chi connectivity index (χ0) is 15.5. The lowest BCUT2D eigenvalue weighted by atomic mass is 10.00. The van der Waals surface area contributed by atoms with Crippen LogP contribution in [0, 0.1) is 6.92 Å². The van der Waals surface area contributed by atoms with Gasteiger partial charge in [-0.3, -0.25) is 9.78 Å². The smallest absolute Gasteiger partial charge is 0.294 e. The van der Waals surface area contributed by atoms with Crippen molar-refractivity contribution in [3.05, 3.63) is 65.0 Å². The molecule has 1 aromatic heterocycles. The lowest BCUT2D eigenvalue weighted by Crippen LogP contribution is -2.14. The van der Waals surface area contributed by atoms with Crippen molar-refractivity contribution in [3.63, 3.8) is 0 Å². The third-order valence-corrected chi connectivity index (χ3v) is 3.19. The van der Waals surface area contributed by atoms with Gasteiger partial charge in [0.25, 0.3) is 0 Å². The quantitative estimate of drug-likeness (QED) is 0.790. The lowest BCUT2D eigenvalue weighted by Gasteiger charge is -2.11. The largest absolute Gasteiger partial charge is 0.417 e. The zero-order valence-corrected chi connectivity index (χ0v) is 11.4. The second kappa shape index (κ2) is 6.08. The maximum absolute atomic E-state index is 12.8. The first-order chi connectivity index (χ1) is 9.88. The van der Waals surface area contributed by atoms with Crippen LogP contribution in [0.15, 0.2) is 42.7 Å². The van der Waals surface area contributed by atoms with Gasteiger partial charge in [0.15, 0.2) is 5.78 Å². The first kappa shape index (κ1) is 15.2. The molecule has 0 aliphatic rings. The number of Topliss-reactive ketones (excluding diaryl/α,β-unsaturated/α-hetero) is 1. The molecule has 2 rings (SSSR count). The molecule has 0 spiro atoms. The number of pyridine rings is 1. The van der Waals surface area contributed by atoms with Crippen molar-refractivity contribution in [2.45, 2.75) is 25.9 Å². The van der Waals surface area contributed by atoms with Crippen molar-refractivity contribution in [1.29, 1.82) is 0 Å². The highest BCUT2D eigenvalue weighted by atomic mass is 19.4. The number of ketones is 1. The molecule has 1 aromatic carbocycles. The molecule has 0 fully saturated rings. The van der Waals surface area contributed by atoms with Gasteiger partial charge in [-0.2, -0.15) is 13.2 Å². The Morgan fingerprint density at radius 3 is 2.43 bits per heavy atom. The van der Waals surface area contributed by atoms with E-state index in [1.54, 1.807) is 0 Å².